The van der Waals surface area contributed by atoms with Gasteiger partial charge in [0, 0.05) is 38.6 Å². The van der Waals surface area contributed by atoms with Gasteiger partial charge in [-0.3, -0.25) is 9.36 Å². The summed E-state index contributed by atoms with van der Waals surface area (Å²) in [5.41, 5.74) is 2.23. The molecule has 156 valence electrons. The van der Waals surface area contributed by atoms with Crippen LogP contribution in [-0.4, -0.2) is 63.3 Å². The van der Waals surface area contributed by atoms with Gasteiger partial charge in [0.25, 0.3) is 5.91 Å². The largest absolute Gasteiger partial charge is 0.483 e. The minimum atomic E-state index is 0.00701. The molecule has 3 aromatic rings. The maximum Gasteiger partial charge on any atom is 0.260 e. The van der Waals surface area contributed by atoms with Gasteiger partial charge in [-0.1, -0.05) is 12.1 Å². The van der Waals surface area contributed by atoms with Gasteiger partial charge in [-0.05, 0) is 50.1 Å². The van der Waals surface area contributed by atoms with E-state index in [0.29, 0.717) is 26.2 Å². The standard InChI is InChI=1S/C22H26N6O2/c1-16-5-4-6-19(17(16)2)30-15-22(29)27-13-11-26(12-14-27)20-7-8-21(25-24-20)28-10-9-23-18(28)3/h4-10H,11-15H2,1-3H3. The molecule has 0 bridgehead atoms. The molecule has 0 saturated carbocycles. The van der Waals surface area contributed by atoms with Gasteiger partial charge in [0.05, 0.1) is 0 Å². The van der Waals surface area contributed by atoms with Crippen molar-refractivity contribution in [2.24, 2.45) is 0 Å². The van der Waals surface area contributed by atoms with Crippen LogP contribution < -0.4 is 9.64 Å². The first kappa shape index (κ1) is 19.9. The highest BCUT2D eigenvalue weighted by Gasteiger charge is 2.22. The van der Waals surface area contributed by atoms with Gasteiger partial charge in [-0.15, -0.1) is 10.2 Å². The molecule has 1 aliphatic heterocycles. The van der Waals surface area contributed by atoms with E-state index in [0.717, 1.165) is 34.3 Å². The van der Waals surface area contributed by atoms with Crippen molar-refractivity contribution in [1.29, 1.82) is 0 Å². The number of carbonyl (C=O) groups is 1. The number of amides is 1. The minimum absolute atomic E-state index is 0.00701. The molecule has 0 N–H and O–H groups in total. The molecule has 8 nitrogen and oxygen atoms in total. The van der Waals surface area contributed by atoms with E-state index in [2.05, 4.69) is 20.1 Å². The minimum Gasteiger partial charge on any atom is -0.483 e. The number of piperazine rings is 1. The van der Waals surface area contributed by atoms with Crippen LogP contribution in [0, 0.1) is 20.8 Å². The van der Waals surface area contributed by atoms with Gasteiger partial charge in [-0.25, -0.2) is 4.98 Å². The zero-order valence-electron chi connectivity index (χ0n) is 17.6. The van der Waals surface area contributed by atoms with Crippen molar-refractivity contribution in [3.63, 3.8) is 0 Å². The van der Waals surface area contributed by atoms with Crippen LogP contribution in [0.2, 0.25) is 0 Å². The molecule has 0 unspecified atom stereocenters. The van der Waals surface area contributed by atoms with Crippen molar-refractivity contribution in [3.05, 3.63) is 59.7 Å². The van der Waals surface area contributed by atoms with Gasteiger partial charge < -0.3 is 14.5 Å². The van der Waals surface area contributed by atoms with Gasteiger partial charge in [-0.2, -0.15) is 0 Å². The number of hydrogen-bond acceptors (Lipinski definition) is 6. The van der Waals surface area contributed by atoms with Gasteiger partial charge >= 0.3 is 0 Å². The van der Waals surface area contributed by atoms with Gasteiger partial charge in [0.2, 0.25) is 0 Å². The number of benzene rings is 1. The van der Waals surface area contributed by atoms with Crippen LogP contribution in [0.3, 0.4) is 0 Å². The molecule has 1 amide bonds. The third-order valence-electron chi connectivity index (χ3n) is 5.57. The van der Waals surface area contributed by atoms with Crippen LogP contribution >= 0.6 is 0 Å². The topological polar surface area (TPSA) is 76.4 Å². The second-order valence-electron chi connectivity index (χ2n) is 7.45. The van der Waals surface area contributed by atoms with E-state index in [1.165, 1.54) is 0 Å². The summed E-state index contributed by atoms with van der Waals surface area (Å²) >= 11 is 0. The third kappa shape index (κ3) is 4.12. The molecule has 1 fully saturated rings. The molecule has 3 heterocycles. The van der Waals surface area contributed by atoms with Crippen molar-refractivity contribution in [2.75, 3.05) is 37.7 Å². The lowest BCUT2D eigenvalue weighted by atomic mass is 10.1. The van der Waals surface area contributed by atoms with Crippen molar-refractivity contribution in [3.8, 4) is 11.6 Å². The maximum absolute atomic E-state index is 12.6. The molecule has 30 heavy (non-hydrogen) atoms. The van der Waals surface area contributed by atoms with Crippen LogP contribution in [-0.2, 0) is 4.79 Å². The SMILES string of the molecule is Cc1cccc(OCC(=O)N2CCN(c3ccc(-n4ccnc4C)nn3)CC2)c1C. The van der Waals surface area contributed by atoms with E-state index >= 15 is 0 Å². The summed E-state index contributed by atoms with van der Waals surface area (Å²) in [6.45, 7) is 8.74. The molecule has 1 aromatic carbocycles. The predicted molar refractivity (Wildman–Crippen MR) is 114 cm³/mol. The first-order valence-electron chi connectivity index (χ1n) is 10.1. The summed E-state index contributed by atoms with van der Waals surface area (Å²) in [4.78, 5) is 20.8. The Labute approximate surface area is 176 Å². The predicted octanol–water partition coefficient (Wildman–Crippen LogP) is 2.32. The van der Waals surface area contributed by atoms with E-state index in [1.807, 2.05) is 66.8 Å². The molecule has 1 saturated heterocycles. The number of carbonyl (C=O) groups excluding carboxylic acids is 1. The first-order valence-corrected chi connectivity index (χ1v) is 10.1. The fraction of sp³-hybridized carbons (Fsp3) is 0.364. The summed E-state index contributed by atoms with van der Waals surface area (Å²) < 4.78 is 7.66. The van der Waals surface area contributed by atoms with Gasteiger partial charge in [0.15, 0.2) is 18.2 Å². The zero-order chi connectivity index (χ0) is 21.1. The van der Waals surface area contributed by atoms with Crippen LogP contribution in [0.25, 0.3) is 5.82 Å². The number of aryl methyl sites for hydroxylation is 2. The summed E-state index contributed by atoms with van der Waals surface area (Å²) in [5.74, 6) is 3.20. The number of anilines is 1. The van der Waals surface area contributed by atoms with Crippen molar-refractivity contribution in [2.45, 2.75) is 20.8 Å². The average Bonchev–Trinajstić information content (AvgIpc) is 3.20. The quantitative estimate of drug-likeness (QED) is 0.647. The second kappa shape index (κ2) is 8.52. The third-order valence-corrected chi connectivity index (χ3v) is 5.57. The highest BCUT2D eigenvalue weighted by atomic mass is 16.5. The summed E-state index contributed by atoms with van der Waals surface area (Å²) in [6.07, 6.45) is 3.61. The normalized spacial score (nSPS) is 14.1. The smallest absolute Gasteiger partial charge is 0.260 e. The molecule has 2 aromatic heterocycles. The number of ether oxygens (including phenoxy) is 1. The maximum atomic E-state index is 12.6. The molecular weight excluding hydrogens is 380 g/mol. The fourth-order valence-electron chi connectivity index (χ4n) is 3.53. The Morgan fingerprint density at radius 1 is 1.00 bits per heavy atom. The first-order chi connectivity index (χ1) is 14.5. The Balaban J connectivity index is 1.30. The molecule has 8 heteroatoms. The number of aromatic nitrogens is 4. The summed E-state index contributed by atoms with van der Waals surface area (Å²) in [6, 6.07) is 9.78. The average molecular weight is 406 g/mol. The lowest BCUT2D eigenvalue weighted by Crippen LogP contribution is -2.50. The van der Waals surface area contributed by atoms with Gasteiger partial charge in [0.1, 0.15) is 11.6 Å². The van der Waals surface area contributed by atoms with Crippen LogP contribution in [0.5, 0.6) is 5.75 Å². The van der Waals surface area contributed by atoms with Crippen LogP contribution in [0.4, 0.5) is 5.82 Å². The molecule has 0 spiro atoms. The number of rotatable bonds is 5. The van der Waals surface area contributed by atoms with Crippen molar-refractivity contribution < 1.29 is 9.53 Å². The fourth-order valence-corrected chi connectivity index (χ4v) is 3.53. The molecule has 0 radical (unpaired) electrons. The van der Waals surface area contributed by atoms with Crippen LogP contribution in [0.15, 0.2) is 42.7 Å². The van der Waals surface area contributed by atoms with E-state index < -0.39 is 0 Å². The Bertz CT molecular complexity index is 1020. The Kier molecular flexibility index (Phi) is 5.65. The van der Waals surface area contributed by atoms with E-state index in [1.54, 1.807) is 6.20 Å². The Morgan fingerprint density at radius 2 is 1.73 bits per heavy atom. The highest BCUT2D eigenvalue weighted by molar-refractivity contribution is 5.78. The van der Waals surface area contributed by atoms with E-state index in [-0.39, 0.29) is 12.5 Å². The Hall–Kier alpha value is -3.42. The van der Waals surface area contributed by atoms with Crippen molar-refractivity contribution >= 4 is 11.7 Å². The monoisotopic (exact) mass is 406 g/mol. The van der Waals surface area contributed by atoms with Crippen molar-refractivity contribution in [1.82, 2.24) is 24.6 Å². The molecule has 0 atom stereocenters. The molecule has 4 rings (SSSR count). The molecule has 1 aliphatic rings. The number of imidazole rings is 1. The lowest BCUT2D eigenvalue weighted by Gasteiger charge is -2.35. The highest BCUT2D eigenvalue weighted by Crippen LogP contribution is 2.21. The second-order valence-corrected chi connectivity index (χ2v) is 7.45. The van der Waals surface area contributed by atoms with E-state index in [4.69, 9.17) is 4.74 Å². The summed E-state index contributed by atoms with van der Waals surface area (Å²) in [7, 11) is 0. The van der Waals surface area contributed by atoms with E-state index in [9.17, 15) is 4.79 Å². The summed E-state index contributed by atoms with van der Waals surface area (Å²) in [5, 5.41) is 8.68. The molecule has 0 aliphatic carbocycles. The number of nitrogens with zero attached hydrogens (tertiary/aromatic N) is 6. The number of hydrogen-bond donors (Lipinski definition) is 0. The molecular formula is C22H26N6O2. The Morgan fingerprint density at radius 3 is 2.40 bits per heavy atom. The lowest BCUT2D eigenvalue weighted by molar-refractivity contribution is -0.133. The van der Waals surface area contributed by atoms with Crippen LogP contribution in [0.1, 0.15) is 17.0 Å². The zero-order valence-corrected chi connectivity index (χ0v) is 17.6.